The standard InChI is InChI=1S/C15H15NO4/c1-19-13-4-2-3-5-14(13)20-10-15(18)16-11-6-8-12(17)9-7-11/h2-9,17H,10H2,1H3,(H,16,18). The van der Waals surface area contributed by atoms with Gasteiger partial charge in [-0.3, -0.25) is 4.79 Å². The fourth-order valence-electron chi connectivity index (χ4n) is 1.62. The van der Waals surface area contributed by atoms with E-state index in [0.717, 1.165) is 0 Å². The molecule has 5 nitrogen and oxygen atoms in total. The van der Waals surface area contributed by atoms with Crippen molar-refractivity contribution in [2.75, 3.05) is 19.0 Å². The second kappa shape index (κ2) is 6.47. The minimum absolute atomic E-state index is 0.124. The summed E-state index contributed by atoms with van der Waals surface area (Å²) in [6.45, 7) is -0.124. The molecule has 0 bridgehead atoms. The van der Waals surface area contributed by atoms with Gasteiger partial charge >= 0.3 is 0 Å². The molecule has 2 aromatic rings. The Morgan fingerprint density at radius 2 is 1.75 bits per heavy atom. The SMILES string of the molecule is COc1ccccc1OCC(=O)Nc1ccc(O)cc1. The number of ether oxygens (including phenoxy) is 2. The lowest BCUT2D eigenvalue weighted by molar-refractivity contribution is -0.118. The van der Waals surface area contributed by atoms with Gasteiger partial charge in [-0.2, -0.15) is 0 Å². The normalized spacial score (nSPS) is 9.85. The van der Waals surface area contributed by atoms with Crippen molar-refractivity contribution >= 4 is 11.6 Å². The first-order valence-electron chi connectivity index (χ1n) is 6.04. The van der Waals surface area contributed by atoms with Crippen LogP contribution in [0.25, 0.3) is 0 Å². The second-order valence-electron chi connectivity index (χ2n) is 4.03. The van der Waals surface area contributed by atoms with Crippen LogP contribution in [-0.2, 0) is 4.79 Å². The number of hydrogen-bond acceptors (Lipinski definition) is 4. The first kappa shape index (κ1) is 13.7. The average molecular weight is 273 g/mol. The molecule has 0 saturated carbocycles. The number of hydrogen-bond donors (Lipinski definition) is 2. The van der Waals surface area contributed by atoms with Crippen molar-refractivity contribution in [2.24, 2.45) is 0 Å². The molecule has 0 aliphatic rings. The summed E-state index contributed by atoms with van der Waals surface area (Å²) >= 11 is 0. The minimum atomic E-state index is -0.290. The van der Waals surface area contributed by atoms with Gasteiger partial charge in [-0.1, -0.05) is 12.1 Å². The van der Waals surface area contributed by atoms with Gasteiger partial charge in [0.05, 0.1) is 7.11 Å². The van der Waals surface area contributed by atoms with Gasteiger partial charge in [0.15, 0.2) is 18.1 Å². The van der Waals surface area contributed by atoms with Gasteiger partial charge in [0.2, 0.25) is 0 Å². The Morgan fingerprint density at radius 1 is 1.10 bits per heavy atom. The maximum absolute atomic E-state index is 11.7. The quantitative estimate of drug-likeness (QED) is 0.821. The first-order valence-corrected chi connectivity index (χ1v) is 6.04. The number of methoxy groups -OCH3 is 1. The Morgan fingerprint density at radius 3 is 2.40 bits per heavy atom. The second-order valence-corrected chi connectivity index (χ2v) is 4.03. The highest BCUT2D eigenvalue weighted by Gasteiger charge is 2.07. The summed E-state index contributed by atoms with van der Waals surface area (Å²) in [6.07, 6.45) is 0. The number of carbonyl (C=O) groups excluding carboxylic acids is 1. The predicted molar refractivity (Wildman–Crippen MR) is 75.2 cm³/mol. The molecule has 2 rings (SSSR count). The molecular weight excluding hydrogens is 258 g/mol. The van der Waals surface area contributed by atoms with Gasteiger partial charge in [0.25, 0.3) is 5.91 Å². The molecule has 0 aliphatic carbocycles. The van der Waals surface area contributed by atoms with Crippen molar-refractivity contribution < 1.29 is 19.4 Å². The number of aromatic hydroxyl groups is 1. The summed E-state index contributed by atoms with van der Waals surface area (Å²) < 4.78 is 10.5. The van der Waals surface area contributed by atoms with E-state index in [2.05, 4.69) is 5.32 Å². The van der Waals surface area contributed by atoms with Gasteiger partial charge in [-0.05, 0) is 36.4 Å². The van der Waals surface area contributed by atoms with Crippen LogP contribution < -0.4 is 14.8 Å². The fraction of sp³-hybridized carbons (Fsp3) is 0.133. The molecule has 20 heavy (non-hydrogen) atoms. The molecule has 0 spiro atoms. The highest BCUT2D eigenvalue weighted by molar-refractivity contribution is 5.91. The molecule has 1 amide bonds. The third kappa shape index (κ3) is 3.65. The van der Waals surface area contributed by atoms with Gasteiger partial charge in [-0.25, -0.2) is 0 Å². The number of phenolic OH excluding ortho intramolecular Hbond substituents is 1. The molecule has 2 N–H and O–H groups in total. The number of benzene rings is 2. The Kier molecular flexibility index (Phi) is 4.44. The van der Waals surface area contributed by atoms with Crippen molar-refractivity contribution in [2.45, 2.75) is 0 Å². The summed E-state index contributed by atoms with van der Waals surface area (Å²) in [5, 5.41) is 11.8. The van der Waals surface area contributed by atoms with Crippen LogP contribution in [0, 0.1) is 0 Å². The van der Waals surface area contributed by atoms with E-state index in [1.165, 1.54) is 12.1 Å². The van der Waals surface area contributed by atoms with Crippen molar-refractivity contribution in [3.63, 3.8) is 0 Å². The zero-order chi connectivity index (χ0) is 14.4. The molecule has 0 unspecified atom stereocenters. The van der Waals surface area contributed by atoms with E-state index in [4.69, 9.17) is 14.6 Å². The molecule has 104 valence electrons. The minimum Gasteiger partial charge on any atom is -0.508 e. The average Bonchev–Trinajstić information content (AvgIpc) is 2.48. The molecule has 0 atom stereocenters. The highest BCUT2D eigenvalue weighted by Crippen LogP contribution is 2.25. The summed E-state index contributed by atoms with van der Waals surface area (Å²) in [4.78, 5) is 11.7. The van der Waals surface area contributed by atoms with E-state index in [0.29, 0.717) is 17.2 Å². The van der Waals surface area contributed by atoms with Crippen LogP contribution >= 0.6 is 0 Å². The van der Waals surface area contributed by atoms with Crippen molar-refractivity contribution in [1.82, 2.24) is 0 Å². The number of phenols is 1. The van der Waals surface area contributed by atoms with Crippen molar-refractivity contribution in [3.8, 4) is 17.2 Å². The number of anilines is 1. The Labute approximate surface area is 116 Å². The van der Waals surface area contributed by atoms with Gasteiger partial charge in [0, 0.05) is 5.69 Å². The smallest absolute Gasteiger partial charge is 0.262 e. The molecule has 0 fully saturated rings. The lowest BCUT2D eigenvalue weighted by Crippen LogP contribution is -2.20. The number of amides is 1. The van der Waals surface area contributed by atoms with E-state index in [1.807, 2.05) is 6.07 Å². The summed E-state index contributed by atoms with van der Waals surface area (Å²) in [7, 11) is 1.54. The highest BCUT2D eigenvalue weighted by atomic mass is 16.5. The summed E-state index contributed by atoms with van der Waals surface area (Å²) in [5.41, 5.74) is 0.594. The molecule has 0 aromatic heterocycles. The summed E-state index contributed by atoms with van der Waals surface area (Å²) in [5.74, 6) is 0.940. The molecular formula is C15H15NO4. The maximum Gasteiger partial charge on any atom is 0.262 e. The first-order chi connectivity index (χ1) is 9.69. The number of nitrogens with one attached hydrogen (secondary N) is 1. The van der Waals surface area contributed by atoms with Crippen LogP contribution in [0.3, 0.4) is 0 Å². The Bertz CT molecular complexity index is 581. The number of para-hydroxylation sites is 2. The molecule has 0 heterocycles. The van der Waals surface area contributed by atoms with E-state index >= 15 is 0 Å². The molecule has 0 radical (unpaired) electrons. The van der Waals surface area contributed by atoms with Crippen LogP contribution in [0.4, 0.5) is 5.69 Å². The van der Waals surface area contributed by atoms with E-state index in [9.17, 15) is 4.79 Å². The fourth-order valence-corrected chi connectivity index (χ4v) is 1.62. The molecule has 0 aliphatic heterocycles. The molecule has 2 aromatic carbocycles. The third-order valence-electron chi connectivity index (χ3n) is 2.58. The monoisotopic (exact) mass is 273 g/mol. The maximum atomic E-state index is 11.7. The number of carbonyl (C=O) groups is 1. The van der Waals surface area contributed by atoms with E-state index in [1.54, 1.807) is 37.4 Å². The third-order valence-corrected chi connectivity index (χ3v) is 2.58. The van der Waals surface area contributed by atoms with Gasteiger partial charge in [-0.15, -0.1) is 0 Å². The lowest BCUT2D eigenvalue weighted by Gasteiger charge is -2.10. The van der Waals surface area contributed by atoms with E-state index < -0.39 is 0 Å². The van der Waals surface area contributed by atoms with E-state index in [-0.39, 0.29) is 18.3 Å². The topological polar surface area (TPSA) is 67.8 Å². The van der Waals surface area contributed by atoms with Crippen molar-refractivity contribution in [1.29, 1.82) is 0 Å². The van der Waals surface area contributed by atoms with Gasteiger partial charge < -0.3 is 19.9 Å². The molecule has 0 saturated heterocycles. The van der Waals surface area contributed by atoms with Crippen LogP contribution in [0.15, 0.2) is 48.5 Å². The van der Waals surface area contributed by atoms with Crippen LogP contribution in [0.5, 0.6) is 17.2 Å². The molecule has 5 heteroatoms. The number of rotatable bonds is 5. The van der Waals surface area contributed by atoms with Gasteiger partial charge in [0.1, 0.15) is 5.75 Å². The zero-order valence-corrected chi connectivity index (χ0v) is 11.0. The summed E-state index contributed by atoms with van der Waals surface area (Å²) in [6, 6.07) is 13.3. The van der Waals surface area contributed by atoms with Crippen molar-refractivity contribution in [3.05, 3.63) is 48.5 Å². The lowest BCUT2D eigenvalue weighted by atomic mass is 10.3. The Hall–Kier alpha value is -2.69. The Balaban J connectivity index is 1.90. The van der Waals surface area contributed by atoms with Crippen LogP contribution in [0.2, 0.25) is 0 Å². The predicted octanol–water partition coefficient (Wildman–Crippen LogP) is 2.42. The van der Waals surface area contributed by atoms with Crippen LogP contribution in [-0.4, -0.2) is 24.7 Å². The zero-order valence-electron chi connectivity index (χ0n) is 11.0. The van der Waals surface area contributed by atoms with Crippen LogP contribution in [0.1, 0.15) is 0 Å². The largest absolute Gasteiger partial charge is 0.508 e.